The number of ether oxygens (including phenoxy) is 2. The van der Waals surface area contributed by atoms with Gasteiger partial charge in [0.05, 0.1) is 6.61 Å². The number of rotatable bonds is 4. The lowest BCUT2D eigenvalue weighted by Crippen LogP contribution is -2.43. The molecule has 5 heteroatoms. The molecule has 0 heterocycles. The molecule has 0 unspecified atom stereocenters. The lowest BCUT2D eigenvalue weighted by Gasteiger charge is -2.31. The summed E-state index contributed by atoms with van der Waals surface area (Å²) in [5.74, 6) is 0.635. The monoisotopic (exact) mass is 323 g/mol. The Labute approximate surface area is 137 Å². The summed E-state index contributed by atoms with van der Waals surface area (Å²) >= 11 is 0. The fraction of sp³-hybridized carbons (Fsp3) is 0.611. The van der Waals surface area contributed by atoms with Crippen LogP contribution in [0.25, 0.3) is 0 Å². The van der Waals surface area contributed by atoms with Crippen LogP contribution in [-0.2, 0) is 4.74 Å². The van der Waals surface area contributed by atoms with Crippen molar-refractivity contribution in [1.29, 1.82) is 0 Å². The normalized spacial score (nSPS) is 21.1. The van der Waals surface area contributed by atoms with Crippen molar-refractivity contribution in [1.82, 2.24) is 4.90 Å². The zero-order chi connectivity index (χ0) is 17.0. The van der Waals surface area contributed by atoms with E-state index in [2.05, 4.69) is 0 Å². The molecule has 1 aromatic carbocycles. The molecule has 128 valence electrons. The Morgan fingerprint density at radius 3 is 2.52 bits per heavy atom. The number of hydrogen-bond donors (Lipinski definition) is 0. The van der Waals surface area contributed by atoms with Gasteiger partial charge >= 0.3 is 6.09 Å². The Balaban J connectivity index is 1.91. The molecule has 1 amide bonds. The van der Waals surface area contributed by atoms with Crippen LogP contribution in [0.2, 0.25) is 0 Å². The maximum atomic E-state index is 12.9. The Morgan fingerprint density at radius 1 is 1.26 bits per heavy atom. The maximum absolute atomic E-state index is 12.9. The van der Waals surface area contributed by atoms with Crippen LogP contribution in [0.3, 0.4) is 0 Å². The van der Waals surface area contributed by atoms with Crippen LogP contribution in [0.5, 0.6) is 5.75 Å². The van der Waals surface area contributed by atoms with E-state index in [1.54, 1.807) is 24.1 Å². The zero-order valence-corrected chi connectivity index (χ0v) is 14.3. The topological polar surface area (TPSA) is 38.8 Å². The summed E-state index contributed by atoms with van der Waals surface area (Å²) in [6, 6.07) is 6.13. The molecule has 0 saturated heterocycles. The van der Waals surface area contributed by atoms with Gasteiger partial charge in [-0.2, -0.15) is 0 Å². The highest BCUT2D eigenvalue weighted by molar-refractivity contribution is 5.68. The summed E-state index contributed by atoms with van der Waals surface area (Å²) in [6.45, 7) is 6.11. The van der Waals surface area contributed by atoms with Gasteiger partial charge in [0.25, 0.3) is 0 Å². The van der Waals surface area contributed by atoms with E-state index in [0.29, 0.717) is 12.4 Å². The van der Waals surface area contributed by atoms with Crippen LogP contribution in [0.1, 0.15) is 40.0 Å². The van der Waals surface area contributed by atoms with Gasteiger partial charge in [-0.1, -0.05) is 6.42 Å². The quantitative estimate of drug-likeness (QED) is 0.832. The molecule has 2 rings (SSSR count). The molecule has 1 aliphatic rings. The van der Waals surface area contributed by atoms with Crippen LogP contribution in [0, 0.1) is 11.7 Å². The van der Waals surface area contributed by atoms with Gasteiger partial charge in [0.1, 0.15) is 17.2 Å². The first kappa shape index (κ1) is 17.6. The van der Waals surface area contributed by atoms with Crippen molar-refractivity contribution < 1.29 is 18.7 Å². The summed E-state index contributed by atoms with van der Waals surface area (Å²) in [6.07, 6.45) is 2.73. The lowest BCUT2D eigenvalue weighted by atomic mass is 10.0. The molecule has 23 heavy (non-hydrogen) atoms. The molecule has 1 aromatic rings. The second-order valence-corrected chi connectivity index (χ2v) is 7.11. The van der Waals surface area contributed by atoms with Crippen LogP contribution < -0.4 is 4.74 Å². The number of carbonyl (C=O) groups excluding carboxylic acids is 1. The zero-order valence-electron chi connectivity index (χ0n) is 14.3. The highest BCUT2D eigenvalue weighted by Gasteiger charge is 2.35. The van der Waals surface area contributed by atoms with E-state index in [-0.39, 0.29) is 23.9 Å². The fourth-order valence-corrected chi connectivity index (χ4v) is 2.92. The largest absolute Gasteiger partial charge is 0.493 e. The average molecular weight is 323 g/mol. The maximum Gasteiger partial charge on any atom is 0.410 e. The molecule has 2 atom stereocenters. The highest BCUT2D eigenvalue weighted by Crippen LogP contribution is 2.31. The van der Waals surface area contributed by atoms with Gasteiger partial charge in [0.15, 0.2) is 0 Å². The first-order valence-electron chi connectivity index (χ1n) is 8.10. The molecule has 0 radical (unpaired) electrons. The lowest BCUT2D eigenvalue weighted by molar-refractivity contribution is 0.0165. The van der Waals surface area contributed by atoms with Crippen LogP contribution in [0.4, 0.5) is 9.18 Å². The number of nitrogens with zero attached hydrogens (tertiary/aromatic N) is 1. The number of halogens is 1. The molecule has 1 aliphatic carbocycles. The molecular formula is C18H26FNO3. The van der Waals surface area contributed by atoms with Gasteiger partial charge in [0, 0.05) is 19.0 Å². The van der Waals surface area contributed by atoms with Crippen LogP contribution >= 0.6 is 0 Å². The standard InChI is InChI=1S/C18H26FNO3/c1-18(2,3)23-17(21)20(4)16-7-5-6-13(16)12-22-15-10-8-14(19)9-11-15/h8-11,13,16H,5-7,12H2,1-4H3/t13-,16+/m1/s1. The Kier molecular flexibility index (Phi) is 5.50. The minimum absolute atomic E-state index is 0.116. The van der Waals surface area contributed by atoms with Gasteiger partial charge in [-0.05, 0) is 57.9 Å². The molecular weight excluding hydrogens is 297 g/mol. The van der Waals surface area contributed by atoms with Crippen LogP contribution in [0.15, 0.2) is 24.3 Å². The average Bonchev–Trinajstić information content (AvgIpc) is 2.92. The van der Waals surface area contributed by atoms with E-state index in [1.807, 2.05) is 20.8 Å². The van der Waals surface area contributed by atoms with Crippen molar-refractivity contribution in [3.63, 3.8) is 0 Å². The highest BCUT2D eigenvalue weighted by atomic mass is 19.1. The van der Waals surface area contributed by atoms with E-state index < -0.39 is 5.60 Å². The predicted octanol–water partition coefficient (Wildman–Crippen LogP) is 4.24. The Morgan fingerprint density at radius 2 is 1.91 bits per heavy atom. The van der Waals surface area contributed by atoms with Gasteiger partial charge in [-0.15, -0.1) is 0 Å². The molecule has 0 aliphatic heterocycles. The van der Waals surface area contributed by atoms with Gasteiger partial charge in [-0.25, -0.2) is 9.18 Å². The van der Waals surface area contributed by atoms with Gasteiger partial charge in [0.2, 0.25) is 0 Å². The van der Waals surface area contributed by atoms with E-state index in [0.717, 1.165) is 19.3 Å². The summed E-state index contributed by atoms with van der Waals surface area (Å²) in [5.41, 5.74) is -0.496. The van der Waals surface area contributed by atoms with Crippen molar-refractivity contribution in [3.05, 3.63) is 30.1 Å². The summed E-state index contributed by atoms with van der Waals surface area (Å²) in [7, 11) is 1.79. The smallest absolute Gasteiger partial charge is 0.410 e. The van der Waals surface area contributed by atoms with Crippen molar-refractivity contribution in [2.75, 3.05) is 13.7 Å². The molecule has 1 fully saturated rings. The molecule has 0 spiro atoms. The molecule has 1 saturated carbocycles. The van der Waals surface area contributed by atoms with Crippen LogP contribution in [-0.4, -0.2) is 36.3 Å². The van der Waals surface area contributed by atoms with Crippen molar-refractivity contribution in [2.24, 2.45) is 5.92 Å². The fourth-order valence-electron chi connectivity index (χ4n) is 2.92. The number of benzene rings is 1. The summed E-state index contributed by atoms with van der Waals surface area (Å²) < 4.78 is 24.1. The Hall–Kier alpha value is -1.78. The van der Waals surface area contributed by atoms with E-state index >= 15 is 0 Å². The third-order valence-electron chi connectivity index (χ3n) is 4.08. The minimum Gasteiger partial charge on any atom is -0.493 e. The summed E-state index contributed by atoms with van der Waals surface area (Å²) in [4.78, 5) is 13.9. The second kappa shape index (κ2) is 7.20. The third-order valence-corrected chi connectivity index (χ3v) is 4.08. The number of amides is 1. The molecule has 0 bridgehead atoms. The van der Waals surface area contributed by atoms with Gasteiger partial charge in [-0.3, -0.25) is 0 Å². The number of carbonyl (C=O) groups is 1. The van der Waals surface area contributed by atoms with Crippen molar-refractivity contribution in [2.45, 2.75) is 51.7 Å². The first-order chi connectivity index (χ1) is 10.8. The molecule has 0 aromatic heterocycles. The Bertz CT molecular complexity index is 524. The van der Waals surface area contributed by atoms with Crippen molar-refractivity contribution in [3.8, 4) is 5.75 Å². The predicted molar refractivity (Wildman–Crippen MR) is 87.0 cm³/mol. The van der Waals surface area contributed by atoms with E-state index in [4.69, 9.17) is 9.47 Å². The first-order valence-corrected chi connectivity index (χ1v) is 8.10. The second-order valence-electron chi connectivity index (χ2n) is 7.11. The molecule has 4 nitrogen and oxygen atoms in total. The van der Waals surface area contributed by atoms with E-state index in [9.17, 15) is 9.18 Å². The number of hydrogen-bond acceptors (Lipinski definition) is 3. The molecule has 0 N–H and O–H groups in total. The van der Waals surface area contributed by atoms with Crippen molar-refractivity contribution >= 4 is 6.09 Å². The van der Waals surface area contributed by atoms with Gasteiger partial charge < -0.3 is 14.4 Å². The summed E-state index contributed by atoms with van der Waals surface area (Å²) in [5, 5.41) is 0. The third kappa shape index (κ3) is 5.12. The SMILES string of the molecule is CN(C(=O)OC(C)(C)C)[C@H]1CCC[C@@H]1COc1ccc(F)cc1. The van der Waals surface area contributed by atoms with E-state index in [1.165, 1.54) is 12.1 Å². The minimum atomic E-state index is -0.496.